The summed E-state index contributed by atoms with van der Waals surface area (Å²) in [5.41, 5.74) is 9.71. The highest BCUT2D eigenvalue weighted by atomic mass is 16.1. The molecule has 0 fully saturated rings. The first-order valence-corrected chi connectivity index (χ1v) is 3.94. The molecule has 64 valence electrons. The minimum absolute atomic E-state index is 0.474. The first-order chi connectivity index (χ1) is 5.65. The highest BCUT2D eigenvalue weighted by molar-refractivity contribution is 5.60. The Morgan fingerprint density at radius 1 is 1.33 bits per heavy atom. The zero-order valence-corrected chi connectivity index (χ0v) is 7.42. The van der Waals surface area contributed by atoms with Crippen LogP contribution < -0.4 is 5.73 Å². The third-order valence-electron chi connectivity index (χ3n) is 1.97. The zero-order valence-electron chi connectivity index (χ0n) is 7.42. The predicted octanol–water partition coefficient (Wildman–Crippen LogP) is 1.63. The van der Waals surface area contributed by atoms with Crippen LogP contribution in [0.1, 0.15) is 16.7 Å². The Morgan fingerprint density at radius 3 is 2.25 bits per heavy atom. The topological polar surface area (TPSA) is 43.1 Å². The van der Waals surface area contributed by atoms with Gasteiger partial charge in [-0.15, -0.1) is 0 Å². The maximum absolute atomic E-state index is 10.3. The molecule has 0 saturated heterocycles. The molecule has 1 aromatic rings. The molecular formula is C10H13NO. The van der Waals surface area contributed by atoms with Crippen LogP contribution in [0.25, 0.3) is 0 Å². The molecule has 0 unspecified atom stereocenters. The van der Waals surface area contributed by atoms with E-state index in [9.17, 15) is 4.79 Å². The van der Waals surface area contributed by atoms with Crippen molar-refractivity contribution in [1.82, 2.24) is 0 Å². The van der Waals surface area contributed by atoms with Gasteiger partial charge in [0.25, 0.3) is 0 Å². The summed E-state index contributed by atoms with van der Waals surface area (Å²) in [6, 6.07) is 3.91. The molecule has 0 aliphatic rings. The lowest BCUT2D eigenvalue weighted by molar-refractivity contribution is -0.107. The quantitative estimate of drug-likeness (QED) is 0.532. The summed E-state index contributed by atoms with van der Waals surface area (Å²) < 4.78 is 0. The standard InChI is InChI=1S/C10H13NO/c1-7-5-9(3-4-12)6-8(2)10(7)11/h4-6H,3,11H2,1-2H3. The van der Waals surface area contributed by atoms with Gasteiger partial charge in [0.05, 0.1) is 0 Å². The molecule has 0 spiro atoms. The number of rotatable bonds is 2. The number of carbonyl (C=O) groups excluding carboxylic acids is 1. The number of nitrogen functional groups attached to an aromatic ring is 1. The number of hydrogen-bond donors (Lipinski definition) is 1. The molecule has 2 N–H and O–H groups in total. The molecule has 12 heavy (non-hydrogen) atoms. The van der Waals surface area contributed by atoms with E-state index in [1.165, 1.54) is 0 Å². The molecule has 0 amide bonds. The first-order valence-electron chi connectivity index (χ1n) is 3.94. The van der Waals surface area contributed by atoms with E-state index in [4.69, 9.17) is 5.73 Å². The second-order valence-electron chi connectivity index (χ2n) is 3.01. The van der Waals surface area contributed by atoms with Crippen LogP contribution in [0.15, 0.2) is 12.1 Å². The normalized spacial score (nSPS) is 9.83. The molecule has 0 aliphatic heterocycles. The Hall–Kier alpha value is -1.31. The smallest absolute Gasteiger partial charge is 0.124 e. The van der Waals surface area contributed by atoms with Crippen LogP contribution in [-0.4, -0.2) is 6.29 Å². The van der Waals surface area contributed by atoms with Gasteiger partial charge >= 0.3 is 0 Å². The number of benzene rings is 1. The summed E-state index contributed by atoms with van der Waals surface area (Å²) in [6.45, 7) is 3.91. The lowest BCUT2D eigenvalue weighted by Crippen LogP contribution is -1.96. The zero-order chi connectivity index (χ0) is 9.14. The molecule has 0 heterocycles. The van der Waals surface area contributed by atoms with Crippen LogP contribution in [0, 0.1) is 13.8 Å². The molecule has 0 aromatic heterocycles. The monoisotopic (exact) mass is 163 g/mol. The first kappa shape index (κ1) is 8.78. The third-order valence-corrected chi connectivity index (χ3v) is 1.97. The van der Waals surface area contributed by atoms with E-state index in [1.807, 2.05) is 26.0 Å². The molecule has 1 rings (SSSR count). The van der Waals surface area contributed by atoms with Crippen molar-refractivity contribution in [3.05, 3.63) is 28.8 Å². The average Bonchev–Trinajstić information content (AvgIpc) is 2.01. The molecule has 2 heteroatoms. The SMILES string of the molecule is Cc1cc(CC=O)cc(C)c1N. The molecule has 0 atom stereocenters. The Bertz CT molecular complexity index is 282. The lowest BCUT2D eigenvalue weighted by atomic mass is 10.0. The number of nitrogens with two attached hydrogens (primary N) is 1. The Balaban J connectivity index is 3.11. The summed E-state index contributed by atoms with van der Waals surface area (Å²) in [5.74, 6) is 0. The van der Waals surface area contributed by atoms with Gasteiger partial charge in [-0.3, -0.25) is 0 Å². The molecule has 0 saturated carbocycles. The van der Waals surface area contributed by atoms with Crippen molar-refractivity contribution in [2.24, 2.45) is 0 Å². The van der Waals surface area contributed by atoms with E-state index in [0.717, 1.165) is 28.7 Å². The van der Waals surface area contributed by atoms with Gasteiger partial charge in [-0.05, 0) is 30.5 Å². The fraction of sp³-hybridized carbons (Fsp3) is 0.300. The van der Waals surface area contributed by atoms with Crippen LogP contribution in [0.2, 0.25) is 0 Å². The van der Waals surface area contributed by atoms with Gasteiger partial charge in [-0.2, -0.15) is 0 Å². The van der Waals surface area contributed by atoms with Crippen molar-refractivity contribution in [2.75, 3.05) is 5.73 Å². The van der Waals surface area contributed by atoms with Crippen molar-refractivity contribution in [3.8, 4) is 0 Å². The minimum atomic E-state index is 0.474. The number of carbonyl (C=O) groups is 1. The van der Waals surface area contributed by atoms with Gasteiger partial charge in [0, 0.05) is 12.1 Å². The number of aldehydes is 1. The van der Waals surface area contributed by atoms with E-state index in [0.29, 0.717) is 6.42 Å². The van der Waals surface area contributed by atoms with E-state index in [2.05, 4.69) is 0 Å². The van der Waals surface area contributed by atoms with E-state index >= 15 is 0 Å². The van der Waals surface area contributed by atoms with Crippen molar-refractivity contribution < 1.29 is 4.79 Å². The van der Waals surface area contributed by atoms with Crippen LogP contribution in [0.4, 0.5) is 5.69 Å². The molecule has 0 radical (unpaired) electrons. The van der Waals surface area contributed by atoms with Crippen LogP contribution >= 0.6 is 0 Å². The van der Waals surface area contributed by atoms with Gasteiger partial charge < -0.3 is 10.5 Å². The second-order valence-corrected chi connectivity index (χ2v) is 3.01. The number of aryl methyl sites for hydroxylation is 2. The summed E-state index contributed by atoms with van der Waals surface area (Å²) in [4.78, 5) is 10.3. The van der Waals surface area contributed by atoms with Gasteiger partial charge in [0.2, 0.25) is 0 Å². The van der Waals surface area contributed by atoms with Crippen LogP contribution in [-0.2, 0) is 11.2 Å². The maximum Gasteiger partial charge on any atom is 0.124 e. The Kier molecular flexibility index (Phi) is 2.48. The largest absolute Gasteiger partial charge is 0.398 e. The van der Waals surface area contributed by atoms with E-state index in [-0.39, 0.29) is 0 Å². The van der Waals surface area contributed by atoms with Gasteiger partial charge in [0.1, 0.15) is 6.29 Å². The van der Waals surface area contributed by atoms with Crippen molar-refractivity contribution in [1.29, 1.82) is 0 Å². The summed E-state index contributed by atoms with van der Waals surface area (Å²) in [5, 5.41) is 0. The fourth-order valence-electron chi connectivity index (χ4n) is 1.28. The number of hydrogen-bond acceptors (Lipinski definition) is 2. The highest BCUT2D eigenvalue weighted by Gasteiger charge is 2.00. The fourth-order valence-corrected chi connectivity index (χ4v) is 1.28. The lowest BCUT2D eigenvalue weighted by Gasteiger charge is -2.06. The van der Waals surface area contributed by atoms with E-state index in [1.54, 1.807) is 0 Å². The van der Waals surface area contributed by atoms with Gasteiger partial charge in [-0.1, -0.05) is 12.1 Å². The number of anilines is 1. The van der Waals surface area contributed by atoms with E-state index < -0.39 is 0 Å². The van der Waals surface area contributed by atoms with Gasteiger partial charge in [0.15, 0.2) is 0 Å². The second kappa shape index (κ2) is 3.39. The molecule has 0 aliphatic carbocycles. The summed E-state index contributed by atoms with van der Waals surface area (Å²) in [7, 11) is 0. The van der Waals surface area contributed by atoms with Crippen molar-refractivity contribution >= 4 is 12.0 Å². The third kappa shape index (κ3) is 1.64. The van der Waals surface area contributed by atoms with Crippen LogP contribution in [0.3, 0.4) is 0 Å². The molecule has 0 bridgehead atoms. The minimum Gasteiger partial charge on any atom is -0.398 e. The highest BCUT2D eigenvalue weighted by Crippen LogP contribution is 2.18. The average molecular weight is 163 g/mol. The summed E-state index contributed by atoms with van der Waals surface area (Å²) >= 11 is 0. The predicted molar refractivity (Wildman–Crippen MR) is 50.1 cm³/mol. The maximum atomic E-state index is 10.3. The molecular weight excluding hydrogens is 150 g/mol. The van der Waals surface area contributed by atoms with Crippen molar-refractivity contribution in [2.45, 2.75) is 20.3 Å². The molecule has 1 aromatic carbocycles. The summed E-state index contributed by atoms with van der Waals surface area (Å²) in [6.07, 6.45) is 1.38. The Morgan fingerprint density at radius 2 is 1.83 bits per heavy atom. The van der Waals surface area contributed by atoms with Gasteiger partial charge in [-0.25, -0.2) is 0 Å². The van der Waals surface area contributed by atoms with Crippen LogP contribution in [0.5, 0.6) is 0 Å². The Labute approximate surface area is 72.4 Å². The van der Waals surface area contributed by atoms with Crippen molar-refractivity contribution in [3.63, 3.8) is 0 Å². The molecule has 2 nitrogen and oxygen atoms in total.